The molecule has 0 radical (unpaired) electrons. The smallest absolute Gasteiger partial charge is 0.309 e. The van der Waals surface area contributed by atoms with Crippen LogP contribution in [-0.2, 0) is 17.8 Å². The number of imidazole rings is 1. The summed E-state index contributed by atoms with van der Waals surface area (Å²) in [6.45, 7) is 0.446. The van der Waals surface area contributed by atoms with Gasteiger partial charge in [0.2, 0.25) is 0 Å². The number of hydrogen-bond acceptors (Lipinski definition) is 3. The molecule has 3 rings (SSSR count). The van der Waals surface area contributed by atoms with Gasteiger partial charge in [-0.2, -0.15) is 0 Å². The van der Waals surface area contributed by atoms with Crippen LogP contribution in [0.2, 0.25) is 0 Å². The van der Waals surface area contributed by atoms with Crippen molar-refractivity contribution in [3.8, 4) is 5.75 Å². The van der Waals surface area contributed by atoms with E-state index in [0.29, 0.717) is 23.7 Å². The van der Waals surface area contributed by atoms with Crippen molar-refractivity contribution in [3.05, 3.63) is 66.1 Å². The highest BCUT2D eigenvalue weighted by molar-refractivity contribution is 5.70. The van der Waals surface area contributed by atoms with Crippen molar-refractivity contribution < 1.29 is 14.6 Å². The second-order valence-corrected chi connectivity index (χ2v) is 4.68. The Labute approximate surface area is 121 Å². The third kappa shape index (κ3) is 3.02. The first kappa shape index (κ1) is 13.2. The number of benzene rings is 1. The Morgan fingerprint density at radius 3 is 2.76 bits per heavy atom. The van der Waals surface area contributed by atoms with Crippen molar-refractivity contribution in [2.24, 2.45) is 0 Å². The third-order valence-electron chi connectivity index (χ3n) is 3.07. The summed E-state index contributed by atoms with van der Waals surface area (Å²) in [7, 11) is 0. The summed E-state index contributed by atoms with van der Waals surface area (Å²) in [5, 5.41) is 8.83. The van der Waals surface area contributed by atoms with E-state index >= 15 is 0 Å². The van der Waals surface area contributed by atoms with Crippen LogP contribution in [0.4, 0.5) is 0 Å². The fourth-order valence-electron chi connectivity index (χ4n) is 2.13. The lowest BCUT2D eigenvalue weighted by Crippen LogP contribution is -1.99. The summed E-state index contributed by atoms with van der Waals surface area (Å²) in [6, 6.07) is 13.5. The van der Waals surface area contributed by atoms with Crippen LogP contribution < -0.4 is 4.74 Å². The van der Waals surface area contributed by atoms with Crippen LogP contribution in [0.3, 0.4) is 0 Å². The highest BCUT2D eigenvalue weighted by atomic mass is 16.5. The highest BCUT2D eigenvalue weighted by Crippen LogP contribution is 2.20. The zero-order valence-electron chi connectivity index (χ0n) is 11.3. The molecule has 0 fully saturated rings. The van der Waals surface area contributed by atoms with Gasteiger partial charge in [0.05, 0.1) is 12.1 Å². The number of fused-ring (bicyclic) bond motifs is 1. The molecule has 5 nitrogen and oxygen atoms in total. The fourth-order valence-corrected chi connectivity index (χ4v) is 2.13. The van der Waals surface area contributed by atoms with E-state index < -0.39 is 5.97 Å². The molecule has 0 aliphatic rings. The van der Waals surface area contributed by atoms with Gasteiger partial charge in [0.1, 0.15) is 6.61 Å². The van der Waals surface area contributed by atoms with E-state index in [4.69, 9.17) is 9.84 Å². The molecule has 21 heavy (non-hydrogen) atoms. The quantitative estimate of drug-likeness (QED) is 0.781. The van der Waals surface area contributed by atoms with Crippen LogP contribution in [0.5, 0.6) is 5.75 Å². The standard InChI is InChI=1S/C16H14N2O3/c19-15(20)9-13-10-18-8-4-7-14(16(18)17-13)21-11-12-5-2-1-3-6-12/h1-8,10H,9,11H2,(H,19,20). The maximum Gasteiger partial charge on any atom is 0.309 e. The average Bonchev–Trinajstić information content (AvgIpc) is 2.88. The number of rotatable bonds is 5. The van der Waals surface area contributed by atoms with Gasteiger partial charge in [-0.05, 0) is 17.7 Å². The fraction of sp³-hybridized carbons (Fsp3) is 0.125. The lowest BCUT2D eigenvalue weighted by Gasteiger charge is -2.07. The van der Waals surface area contributed by atoms with Crippen molar-refractivity contribution in [2.75, 3.05) is 0 Å². The summed E-state index contributed by atoms with van der Waals surface area (Å²) in [6.07, 6.45) is 3.43. The molecule has 0 aliphatic heterocycles. The first-order valence-electron chi connectivity index (χ1n) is 6.57. The maximum absolute atomic E-state index is 10.8. The molecule has 1 N–H and O–H groups in total. The Hall–Kier alpha value is -2.82. The molecular formula is C16H14N2O3. The minimum Gasteiger partial charge on any atom is -0.485 e. The topological polar surface area (TPSA) is 63.8 Å². The van der Waals surface area contributed by atoms with E-state index in [0.717, 1.165) is 5.56 Å². The van der Waals surface area contributed by atoms with Crippen molar-refractivity contribution >= 4 is 11.6 Å². The Kier molecular flexibility index (Phi) is 3.55. The van der Waals surface area contributed by atoms with E-state index in [9.17, 15) is 4.79 Å². The predicted molar refractivity (Wildman–Crippen MR) is 77.3 cm³/mol. The molecule has 2 aromatic heterocycles. The first-order valence-corrected chi connectivity index (χ1v) is 6.57. The van der Waals surface area contributed by atoms with Crippen molar-refractivity contribution in [1.29, 1.82) is 0 Å². The number of pyridine rings is 1. The van der Waals surface area contributed by atoms with Gasteiger partial charge in [0.15, 0.2) is 11.4 Å². The van der Waals surface area contributed by atoms with Crippen LogP contribution in [0.25, 0.3) is 5.65 Å². The average molecular weight is 282 g/mol. The van der Waals surface area contributed by atoms with Gasteiger partial charge in [-0.15, -0.1) is 0 Å². The number of aliphatic carboxylic acids is 1. The monoisotopic (exact) mass is 282 g/mol. The molecule has 0 aliphatic carbocycles. The third-order valence-corrected chi connectivity index (χ3v) is 3.07. The Morgan fingerprint density at radius 1 is 1.19 bits per heavy atom. The molecule has 0 saturated heterocycles. The number of carboxylic acids is 1. The molecule has 0 spiro atoms. The van der Waals surface area contributed by atoms with Crippen LogP contribution >= 0.6 is 0 Å². The summed E-state index contributed by atoms with van der Waals surface area (Å²) in [4.78, 5) is 15.1. The molecule has 3 aromatic rings. The Morgan fingerprint density at radius 2 is 2.00 bits per heavy atom. The minimum absolute atomic E-state index is 0.0974. The molecule has 0 unspecified atom stereocenters. The van der Waals surface area contributed by atoms with Crippen LogP contribution in [0, 0.1) is 0 Å². The van der Waals surface area contributed by atoms with Gasteiger partial charge in [-0.3, -0.25) is 4.79 Å². The van der Waals surface area contributed by atoms with Crippen LogP contribution in [0.1, 0.15) is 11.3 Å². The lowest BCUT2D eigenvalue weighted by molar-refractivity contribution is -0.136. The summed E-state index contributed by atoms with van der Waals surface area (Å²) < 4.78 is 7.57. The number of carbonyl (C=O) groups is 1. The molecule has 0 amide bonds. The molecular weight excluding hydrogens is 268 g/mol. The maximum atomic E-state index is 10.8. The number of carboxylic acid groups (broad SMARTS) is 1. The zero-order chi connectivity index (χ0) is 14.7. The molecule has 0 atom stereocenters. The minimum atomic E-state index is -0.898. The van der Waals surface area contributed by atoms with Crippen molar-refractivity contribution in [1.82, 2.24) is 9.38 Å². The van der Waals surface area contributed by atoms with Crippen molar-refractivity contribution in [3.63, 3.8) is 0 Å². The van der Waals surface area contributed by atoms with Gasteiger partial charge in [-0.25, -0.2) is 4.98 Å². The predicted octanol–water partition coefficient (Wildman–Crippen LogP) is 2.54. The summed E-state index contributed by atoms with van der Waals surface area (Å²) in [5.41, 5.74) is 2.21. The Balaban J connectivity index is 1.84. The molecule has 106 valence electrons. The van der Waals surface area contributed by atoms with Gasteiger partial charge >= 0.3 is 5.97 Å². The van der Waals surface area contributed by atoms with Crippen LogP contribution in [-0.4, -0.2) is 20.5 Å². The number of ether oxygens (including phenoxy) is 1. The summed E-state index contributed by atoms with van der Waals surface area (Å²) >= 11 is 0. The highest BCUT2D eigenvalue weighted by Gasteiger charge is 2.10. The normalized spacial score (nSPS) is 10.7. The molecule has 5 heteroatoms. The SMILES string of the molecule is O=C(O)Cc1cn2cccc(OCc3ccccc3)c2n1. The van der Waals surface area contributed by atoms with E-state index in [1.54, 1.807) is 10.6 Å². The molecule has 1 aromatic carbocycles. The van der Waals surface area contributed by atoms with Gasteiger partial charge in [-0.1, -0.05) is 30.3 Å². The van der Waals surface area contributed by atoms with E-state index in [1.807, 2.05) is 48.7 Å². The first-order chi connectivity index (χ1) is 10.2. The van der Waals surface area contributed by atoms with Gasteiger partial charge in [0.25, 0.3) is 0 Å². The van der Waals surface area contributed by atoms with E-state index in [-0.39, 0.29) is 6.42 Å². The van der Waals surface area contributed by atoms with E-state index in [1.165, 1.54) is 0 Å². The molecule has 2 heterocycles. The lowest BCUT2D eigenvalue weighted by atomic mass is 10.2. The van der Waals surface area contributed by atoms with Gasteiger partial charge < -0.3 is 14.2 Å². The van der Waals surface area contributed by atoms with Crippen molar-refractivity contribution in [2.45, 2.75) is 13.0 Å². The second kappa shape index (κ2) is 5.66. The van der Waals surface area contributed by atoms with Crippen LogP contribution in [0.15, 0.2) is 54.9 Å². The summed E-state index contributed by atoms with van der Waals surface area (Å²) in [5.74, 6) is -0.261. The number of aromatic nitrogens is 2. The zero-order valence-corrected chi connectivity index (χ0v) is 11.3. The largest absolute Gasteiger partial charge is 0.485 e. The second-order valence-electron chi connectivity index (χ2n) is 4.68. The van der Waals surface area contributed by atoms with E-state index in [2.05, 4.69) is 4.98 Å². The molecule has 0 saturated carbocycles. The molecule has 0 bridgehead atoms. The van der Waals surface area contributed by atoms with Gasteiger partial charge in [0, 0.05) is 12.4 Å². The number of nitrogens with zero attached hydrogens (tertiary/aromatic N) is 2. The Bertz CT molecular complexity index is 766. The number of hydrogen-bond donors (Lipinski definition) is 1.